The summed E-state index contributed by atoms with van der Waals surface area (Å²) in [6, 6.07) is 0. The van der Waals surface area contributed by atoms with Gasteiger partial charge in [-0.15, -0.1) is 0 Å². The quantitative estimate of drug-likeness (QED) is 0.771. The van der Waals surface area contributed by atoms with E-state index >= 15 is 0 Å². The molecule has 0 aliphatic heterocycles. The molecule has 3 heteroatoms. The molecule has 0 fully saturated rings. The Morgan fingerprint density at radius 1 is 1.23 bits per heavy atom. The van der Waals surface area contributed by atoms with Gasteiger partial charge >= 0.3 is 0 Å². The van der Waals surface area contributed by atoms with Gasteiger partial charge in [0.2, 0.25) is 0 Å². The number of aromatic nitrogens is 2. The minimum absolute atomic E-state index is 0.838. The summed E-state index contributed by atoms with van der Waals surface area (Å²) >= 11 is 0. The molecule has 0 aliphatic carbocycles. The number of nitrogens with two attached hydrogens (primary N) is 1. The fourth-order valence-corrected chi connectivity index (χ4v) is 1.49. The van der Waals surface area contributed by atoms with Crippen LogP contribution in [0.2, 0.25) is 0 Å². The van der Waals surface area contributed by atoms with Crippen molar-refractivity contribution < 1.29 is 0 Å². The van der Waals surface area contributed by atoms with Crippen molar-refractivity contribution in [2.45, 2.75) is 39.5 Å². The molecule has 0 spiro atoms. The van der Waals surface area contributed by atoms with Crippen LogP contribution in [-0.4, -0.2) is 9.55 Å². The van der Waals surface area contributed by atoms with Gasteiger partial charge in [0.05, 0.1) is 5.69 Å². The zero-order chi connectivity index (χ0) is 9.84. The maximum absolute atomic E-state index is 5.92. The molecule has 0 amide bonds. The first-order valence-electron chi connectivity index (χ1n) is 5.00. The van der Waals surface area contributed by atoms with Crippen molar-refractivity contribution in [3.05, 3.63) is 11.5 Å². The molecule has 0 saturated carbocycles. The zero-order valence-electron chi connectivity index (χ0n) is 8.80. The van der Waals surface area contributed by atoms with Crippen LogP contribution in [0.3, 0.4) is 0 Å². The Balaban J connectivity index is 2.90. The second kappa shape index (κ2) is 4.30. The lowest BCUT2D eigenvalue weighted by atomic mass is 10.2. The minimum Gasteiger partial charge on any atom is -0.384 e. The Labute approximate surface area is 80.0 Å². The largest absolute Gasteiger partial charge is 0.384 e. The molecule has 0 radical (unpaired) electrons. The Morgan fingerprint density at radius 2 is 1.85 bits per heavy atom. The summed E-state index contributed by atoms with van der Waals surface area (Å²) in [6.45, 7) is 4.30. The van der Waals surface area contributed by atoms with Crippen molar-refractivity contribution >= 4 is 5.82 Å². The number of hydrogen-bond donors (Lipinski definition) is 1. The highest BCUT2D eigenvalue weighted by molar-refractivity contribution is 5.38. The van der Waals surface area contributed by atoms with Crippen LogP contribution in [0.5, 0.6) is 0 Å². The number of anilines is 1. The molecule has 13 heavy (non-hydrogen) atoms. The van der Waals surface area contributed by atoms with Crippen molar-refractivity contribution in [1.82, 2.24) is 9.55 Å². The highest BCUT2D eigenvalue weighted by Crippen LogP contribution is 2.15. The molecular weight excluding hydrogens is 162 g/mol. The van der Waals surface area contributed by atoms with Crippen LogP contribution < -0.4 is 5.73 Å². The average Bonchev–Trinajstić information content (AvgIpc) is 2.36. The molecule has 74 valence electrons. The van der Waals surface area contributed by atoms with Crippen LogP contribution in [0.1, 0.15) is 38.2 Å². The van der Waals surface area contributed by atoms with Crippen LogP contribution in [-0.2, 0) is 19.9 Å². The van der Waals surface area contributed by atoms with E-state index in [9.17, 15) is 0 Å². The Morgan fingerprint density at radius 3 is 2.38 bits per heavy atom. The third-order valence-corrected chi connectivity index (χ3v) is 2.27. The third-order valence-electron chi connectivity index (χ3n) is 2.27. The number of nitrogens with zero attached hydrogens (tertiary/aromatic N) is 2. The molecule has 0 aromatic carbocycles. The number of nitrogen functional groups attached to an aromatic ring is 1. The van der Waals surface area contributed by atoms with Gasteiger partial charge in [0.25, 0.3) is 0 Å². The molecule has 1 heterocycles. The summed E-state index contributed by atoms with van der Waals surface area (Å²) in [7, 11) is 1.99. The second-order valence-corrected chi connectivity index (χ2v) is 3.42. The van der Waals surface area contributed by atoms with E-state index < -0.39 is 0 Å². The van der Waals surface area contributed by atoms with E-state index in [0.29, 0.717) is 0 Å². The van der Waals surface area contributed by atoms with Crippen molar-refractivity contribution in [3.63, 3.8) is 0 Å². The Kier molecular flexibility index (Phi) is 3.34. The third kappa shape index (κ3) is 2.02. The van der Waals surface area contributed by atoms with Gasteiger partial charge in [-0.25, -0.2) is 4.98 Å². The Bertz CT molecular complexity index is 249. The summed E-state index contributed by atoms with van der Waals surface area (Å²) < 4.78 is 2.01. The molecule has 3 nitrogen and oxygen atoms in total. The van der Waals surface area contributed by atoms with Crippen molar-refractivity contribution in [1.29, 1.82) is 0 Å². The van der Waals surface area contributed by atoms with Crippen molar-refractivity contribution in [3.8, 4) is 0 Å². The summed E-state index contributed by atoms with van der Waals surface area (Å²) in [5.74, 6) is 1.95. The first-order valence-corrected chi connectivity index (χ1v) is 5.00. The predicted octanol–water partition coefficient (Wildman–Crippen LogP) is 1.91. The summed E-state index contributed by atoms with van der Waals surface area (Å²) in [4.78, 5) is 4.53. The molecular formula is C10H19N3. The molecule has 1 rings (SSSR count). The summed E-state index contributed by atoms with van der Waals surface area (Å²) in [5, 5.41) is 0. The monoisotopic (exact) mass is 181 g/mol. The Hall–Kier alpha value is -0.990. The van der Waals surface area contributed by atoms with E-state index in [2.05, 4.69) is 18.8 Å². The van der Waals surface area contributed by atoms with Crippen molar-refractivity contribution in [2.75, 3.05) is 5.73 Å². The maximum Gasteiger partial charge on any atom is 0.126 e. The normalized spacial score (nSPS) is 10.7. The molecule has 0 atom stereocenters. The average molecular weight is 181 g/mol. The number of hydrogen-bond acceptors (Lipinski definition) is 2. The number of aryl methyl sites for hydroxylation is 2. The fraction of sp³-hybridized carbons (Fsp3) is 0.700. The smallest absolute Gasteiger partial charge is 0.126 e. The van der Waals surface area contributed by atoms with Gasteiger partial charge in [-0.2, -0.15) is 0 Å². The number of rotatable bonds is 4. The minimum atomic E-state index is 0.838. The van der Waals surface area contributed by atoms with E-state index in [4.69, 9.17) is 5.73 Å². The maximum atomic E-state index is 5.92. The first-order chi connectivity index (χ1) is 6.20. The highest BCUT2D eigenvalue weighted by atomic mass is 15.1. The van der Waals surface area contributed by atoms with Gasteiger partial charge in [0.1, 0.15) is 11.6 Å². The van der Waals surface area contributed by atoms with Gasteiger partial charge < -0.3 is 10.3 Å². The lowest BCUT2D eigenvalue weighted by Crippen LogP contribution is -2.01. The van der Waals surface area contributed by atoms with Crippen LogP contribution in [0, 0.1) is 0 Å². The molecule has 0 aliphatic rings. The van der Waals surface area contributed by atoms with Crippen LogP contribution in [0.4, 0.5) is 5.82 Å². The van der Waals surface area contributed by atoms with E-state index in [1.54, 1.807) is 0 Å². The molecule has 0 saturated heterocycles. The molecule has 0 unspecified atom stereocenters. The van der Waals surface area contributed by atoms with Crippen LogP contribution >= 0.6 is 0 Å². The zero-order valence-corrected chi connectivity index (χ0v) is 8.80. The van der Waals surface area contributed by atoms with Gasteiger partial charge in [-0.3, -0.25) is 0 Å². The van der Waals surface area contributed by atoms with Crippen molar-refractivity contribution in [2.24, 2.45) is 7.05 Å². The molecule has 1 aromatic heterocycles. The standard InChI is InChI=1S/C10H19N3/c1-4-6-8-10(11)13(3)9(12-8)7-5-2/h4-7,11H2,1-3H3. The molecule has 1 aromatic rings. The number of imidazole rings is 1. The lowest BCUT2D eigenvalue weighted by Gasteiger charge is -2.00. The summed E-state index contributed by atoms with van der Waals surface area (Å²) in [5.41, 5.74) is 6.98. The van der Waals surface area contributed by atoms with Gasteiger partial charge in [0.15, 0.2) is 0 Å². The fourth-order valence-electron chi connectivity index (χ4n) is 1.49. The summed E-state index contributed by atoms with van der Waals surface area (Å²) in [6.07, 6.45) is 4.23. The van der Waals surface area contributed by atoms with E-state index in [1.165, 1.54) is 0 Å². The topological polar surface area (TPSA) is 43.8 Å². The van der Waals surface area contributed by atoms with Gasteiger partial charge in [-0.1, -0.05) is 20.3 Å². The second-order valence-electron chi connectivity index (χ2n) is 3.42. The van der Waals surface area contributed by atoms with E-state index in [0.717, 1.165) is 43.0 Å². The van der Waals surface area contributed by atoms with Gasteiger partial charge in [0, 0.05) is 13.5 Å². The molecule has 2 N–H and O–H groups in total. The molecule has 0 bridgehead atoms. The lowest BCUT2D eigenvalue weighted by molar-refractivity contribution is 0.762. The van der Waals surface area contributed by atoms with Crippen LogP contribution in [0.15, 0.2) is 0 Å². The SMILES string of the molecule is CCCc1nc(CCC)n(C)c1N. The first kappa shape index (κ1) is 10.1. The highest BCUT2D eigenvalue weighted by Gasteiger charge is 2.09. The van der Waals surface area contributed by atoms with Crippen LogP contribution in [0.25, 0.3) is 0 Å². The van der Waals surface area contributed by atoms with E-state index in [-0.39, 0.29) is 0 Å². The predicted molar refractivity (Wildman–Crippen MR) is 55.6 cm³/mol. The van der Waals surface area contributed by atoms with E-state index in [1.807, 2.05) is 11.6 Å². The van der Waals surface area contributed by atoms with Gasteiger partial charge in [-0.05, 0) is 12.8 Å².